The first-order chi connectivity index (χ1) is 8.20. The molecule has 0 aliphatic carbocycles. The van der Waals surface area contributed by atoms with Crippen molar-refractivity contribution in [1.82, 2.24) is 0 Å². The van der Waals surface area contributed by atoms with Gasteiger partial charge in [-0.2, -0.15) is 5.26 Å². The fourth-order valence-electron chi connectivity index (χ4n) is 1.45. The predicted molar refractivity (Wildman–Crippen MR) is 66.1 cm³/mol. The Morgan fingerprint density at radius 1 is 1.35 bits per heavy atom. The molecule has 0 spiro atoms. The molecule has 0 bridgehead atoms. The number of nitrogens with zero attached hydrogens (tertiary/aromatic N) is 1. The third-order valence-corrected chi connectivity index (χ3v) is 2.43. The van der Waals surface area contributed by atoms with Crippen molar-refractivity contribution in [1.29, 1.82) is 5.26 Å². The fourth-order valence-corrected chi connectivity index (χ4v) is 1.45. The van der Waals surface area contributed by atoms with E-state index in [0.29, 0.717) is 12.0 Å². The van der Waals surface area contributed by atoms with Crippen LogP contribution in [0.4, 0.5) is 0 Å². The third kappa shape index (κ3) is 3.46. The lowest BCUT2D eigenvalue weighted by Crippen LogP contribution is -2.04. The molecule has 17 heavy (non-hydrogen) atoms. The molecule has 1 aromatic carbocycles. The first-order valence-corrected chi connectivity index (χ1v) is 5.62. The van der Waals surface area contributed by atoms with E-state index >= 15 is 0 Å². The first-order valence-electron chi connectivity index (χ1n) is 5.62. The zero-order chi connectivity index (χ0) is 12.7. The lowest BCUT2D eigenvalue weighted by Gasteiger charge is -2.03. The lowest BCUT2D eigenvalue weighted by atomic mass is 10.0. The second-order valence-corrected chi connectivity index (χ2v) is 3.73. The Kier molecular flexibility index (Phi) is 4.96. The highest BCUT2D eigenvalue weighted by atomic mass is 16.3. The smallest absolute Gasteiger partial charge is 0.177 e. The van der Waals surface area contributed by atoms with Gasteiger partial charge in [-0.25, -0.2) is 0 Å². The maximum absolute atomic E-state index is 11.7. The third-order valence-electron chi connectivity index (χ3n) is 2.43. The minimum atomic E-state index is -0.296. The summed E-state index contributed by atoms with van der Waals surface area (Å²) < 4.78 is 0. The van der Waals surface area contributed by atoms with Crippen molar-refractivity contribution in [3.05, 3.63) is 41.5 Å². The monoisotopic (exact) mass is 229 g/mol. The Hall–Kier alpha value is -2.08. The lowest BCUT2D eigenvalue weighted by molar-refractivity contribution is -0.115. The van der Waals surface area contributed by atoms with E-state index in [1.54, 1.807) is 30.3 Å². The van der Waals surface area contributed by atoms with Crippen molar-refractivity contribution in [3.8, 4) is 6.07 Å². The first kappa shape index (κ1) is 13.0. The molecule has 0 heterocycles. The second kappa shape index (κ2) is 6.49. The van der Waals surface area contributed by atoms with Crippen molar-refractivity contribution in [3.63, 3.8) is 0 Å². The topological polar surface area (TPSA) is 61.1 Å². The van der Waals surface area contributed by atoms with Crippen LogP contribution in [0, 0.1) is 11.3 Å². The summed E-state index contributed by atoms with van der Waals surface area (Å²) in [6.45, 7) is 1.97. The zero-order valence-corrected chi connectivity index (χ0v) is 9.81. The number of Topliss-reactive ketones (excluding diaryl/α,β-unsaturated/α-hetero) is 1. The van der Waals surface area contributed by atoms with Crippen LogP contribution in [0.3, 0.4) is 0 Å². The van der Waals surface area contributed by atoms with Gasteiger partial charge >= 0.3 is 0 Å². The molecule has 0 saturated carbocycles. The highest BCUT2D eigenvalue weighted by molar-refractivity contribution is 6.04. The molecule has 1 aromatic rings. The maximum Gasteiger partial charge on any atom is 0.177 e. The SMILES string of the molecule is CCCCC(=O)C(C#N)=C(O)c1ccccc1. The number of carbonyl (C=O) groups excluding carboxylic acids is 1. The molecule has 0 saturated heterocycles. The van der Waals surface area contributed by atoms with Gasteiger partial charge in [0.15, 0.2) is 5.78 Å². The Morgan fingerprint density at radius 2 is 2.00 bits per heavy atom. The Balaban J connectivity index is 3.00. The maximum atomic E-state index is 11.7. The number of unbranched alkanes of at least 4 members (excludes halogenated alkanes) is 1. The fraction of sp³-hybridized carbons (Fsp3) is 0.286. The summed E-state index contributed by atoms with van der Waals surface area (Å²) >= 11 is 0. The molecular weight excluding hydrogens is 214 g/mol. The molecule has 1 rings (SSSR count). The summed E-state index contributed by atoms with van der Waals surface area (Å²) in [5, 5.41) is 18.8. The van der Waals surface area contributed by atoms with Crippen LogP contribution in [0.5, 0.6) is 0 Å². The molecule has 0 amide bonds. The van der Waals surface area contributed by atoms with Crippen LogP contribution in [0.1, 0.15) is 31.7 Å². The molecular formula is C14H15NO2. The van der Waals surface area contributed by atoms with Crippen LogP contribution in [0.15, 0.2) is 35.9 Å². The van der Waals surface area contributed by atoms with E-state index in [0.717, 1.165) is 12.8 Å². The summed E-state index contributed by atoms with van der Waals surface area (Å²) in [6.07, 6.45) is 1.92. The Bertz CT molecular complexity index is 455. The molecule has 88 valence electrons. The molecule has 0 atom stereocenters. The van der Waals surface area contributed by atoms with Crippen LogP contribution in [0.25, 0.3) is 5.76 Å². The summed E-state index contributed by atoms with van der Waals surface area (Å²) in [5.41, 5.74) is 0.346. The van der Waals surface area contributed by atoms with E-state index < -0.39 is 0 Å². The summed E-state index contributed by atoms with van der Waals surface area (Å²) in [6, 6.07) is 10.4. The van der Waals surface area contributed by atoms with Gasteiger partial charge in [-0.15, -0.1) is 0 Å². The highest BCUT2D eigenvalue weighted by Gasteiger charge is 2.15. The molecule has 3 heteroatoms. The van der Waals surface area contributed by atoms with Gasteiger partial charge in [0.25, 0.3) is 0 Å². The molecule has 0 aromatic heterocycles. The van der Waals surface area contributed by atoms with Crippen molar-refractivity contribution in [2.45, 2.75) is 26.2 Å². The van der Waals surface area contributed by atoms with E-state index in [1.807, 2.05) is 13.0 Å². The second-order valence-electron chi connectivity index (χ2n) is 3.73. The molecule has 0 aliphatic heterocycles. The number of aliphatic hydroxyl groups excluding tert-OH is 1. The average molecular weight is 229 g/mol. The standard InChI is InChI=1S/C14H15NO2/c1-2-3-9-13(16)12(10-15)14(17)11-7-5-4-6-8-11/h4-8,17H,2-3,9H2,1H3. The normalized spacial score (nSPS) is 11.5. The number of ketones is 1. The van der Waals surface area contributed by atoms with Crippen LogP contribution in [-0.4, -0.2) is 10.9 Å². The number of carbonyl (C=O) groups is 1. The quantitative estimate of drug-likeness (QED) is 0.479. The molecule has 0 unspecified atom stereocenters. The summed E-state index contributed by atoms with van der Waals surface area (Å²) in [7, 11) is 0. The minimum absolute atomic E-state index is 0.148. The number of hydrogen-bond acceptors (Lipinski definition) is 3. The van der Waals surface area contributed by atoms with Crippen LogP contribution >= 0.6 is 0 Å². The zero-order valence-electron chi connectivity index (χ0n) is 9.81. The van der Waals surface area contributed by atoms with E-state index in [9.17, 15) is 9.90 Å². The van der Waals surface area contributed by atoms with Crippen molar-refractivity contribution >= 4 is 11.5 Å². The van der Waals surface area contributed by atoms with Gasteiger partial charge in [-0.3, -0.25) is 4.79 Å². The van der Waals surface area contributed by atoms with Gasteiger partial charge in [0.1, 0.15) is 17.4 Å². The van der Waals surface area contributed by atoms with E-state index in [4.69, 9.17) is 5.26 Å². The van der Waals surface area contributed by atoms with E-state index in [2.05, 4.69) is 0 Å². The number of aliphatic hydroxyl groups is 1. The predicted octanol–water partition coefficient (Wildman–Crippen LogP) is 3.24. The van der Waals surface area contributed by atoms with Crippen molar-refractivity contribution < 1.29 is 9.90 Å². The average Bonchev–Trinajstić information content (AvgIpc) is 2.38. The molecule has 0 aliphatic rings. The molecule has 0 radical (unpaired) electrons. The Morgan fingerprint density at radius 3 is 2.53 bits per heavy atom. The van der Waals surface area contributed by atoms with Crippen LogP contribution in [0.2, 0.25) is 0 Å². The number of nitriles is 1. The van der Waals surface area contributed by atoms with Crippen LogP contribution in [-0.2, 0) is 4.79 Å². The summed E-state index contributed by atoms with van der Waals surface area (Å²) in [4.78, 5) is 11.7. The molecule has 3 nitrogen and oxygen atoms in total. The molecule has 0 fully saturated rings. The largest absolute Gasteiger partial charge is 0.506 e. The number of allylic oxidation sites excluding steroid dienone is 1. The minimum Gasteiger partial charge on any atom is -0.506 e. The van der Waals surface area contributed by atoms with E-state index in [-0.39, 0.29) is 17.1 Å². The van der Waals surface area contributed by atoms with Gasteiger partial charge in [-0.1, -0.05) is 43.7 Å². The van der Waals surface area contributed by atoms with Crippen molar-refractivity contribution in [2.24, 2.45) is 0 Å². The van der Waals surface area contributed by atoms with E-state index in [1.165, 1.54) is 0 Å². The van der Waals surface area contributed by atoms with Gasteiger partial charge in [0, 0.05) is 12.0 Å². The van der Waals surface area contributed by atoms with Gasteiger partial charge in [-0.05, 0) is 6.42 Å². The van der Waals surface area contributed by atoms with Crippen LogP contribution < -0.4 is 0 Å². The Labute approximate surface area is 101 Å². The van der Waals surface area contributed by atoms with Gasteiger partial charge < -0.3 is 5.11 Å². The number of hydrogen-bond donors (Lipinski definition) is 1. The number of rotatable bonds is 5. The highest BCUT2D eigenvalue weighted by Crippen LogP contribution is 2.17. The van der Waals surface area contributed by atoms with Gasteiger partial charge in [0.05, 0.1) is 0 Å². The van der Waals surface area contributed by atoms with Crippen molar-refractivity contribution in [2.75, 3.05) is 0 Å². The number of benzene rings is 1. The summed E-state index contributed by atoms with van der Waals surface area (Å²) in [5.74, 6) is -0.523. The van der Waals surface area contributed by atoms with Gasteiger partial charge in [0.2, 0.25) is 0 Å². The molecule has 1 N–H and O–H groups in total.